The number of halogens is 2. The Kier molecular flexibility index (Phi) is 3.27. The van der Waals surface area contributed by atoms with Gasteiger partial charge in [-0.25, -0.2) is 0 Å². The molecule has 0 N–H and O–H groups in total. The van der Waals surface area contributed by atoms with Crippen molar-refractivity contribution in [2.24, 2.45) is 0 Å². The van der Waals surface area contributed by atoms with E-state index in [-0.39, 0.29) is 11.6 Å². The maximum absolute atomic E-state index is 10.6. The van der Waals surface area contributed by atoms with Gasteiger partial charge in [-0.05, 0) is 34.0 Å². The van der Waals surface area contributed by atoms with Crippen LogP contribution in [0.3, 0.4) is 0 Å². The van der Waals surface area contributed by atoms with Crippen LogP contribution in [0.5, 0.6) is 0 Å². The van der Waals surface area contributed by atoms with E-state index in [9.17, 15) is 10.1 Å². The molecule has 0 spiro atoms. The molecule has 0 aliphatic rings. The van der Waals surface area contributed by atoms with Crippen LogP contribution in [0, 0.1) is 17.0 Å². The van der Waals surface area contributed by atoms with Gasteiger partial charge in [-0.1, -0.05) is 6.07 Å². The zero-order valence-electron chi connectivity index (χ0n) is 6.88. The number of benzene rings is 1. The zero-order valence-corrected chi connectivity index (χ0v) is 9.22. The van der Waals surface area contributed by atoms with Crippen LogP contribution >= 0.6 is 27.5 Å². The molecular weight excluding hydrogens is 257 g/mol. The minimum Gasteiger partial charge on any atom is -0.258 e. The van der Waals surface area contributed by atoms with Gasteiger partial charge in [-0.2, -0.15) is 0 Å². The lowest BCUT2D eigenvalue weighted by Gasteiger charge is -2.02. The molecule has 0 radical (unpaired) electrons. The van der Waals surface area contributed by atoms with Crippen molar-refractivity contribution in [2.45, 2.75) is 12.8 Å². The van der Waals surface area contributed by atoms with Crippen LogP contribution in [0.25, 0.3) is 0 Å². The molecule has 0 amide bonds. The average Bonchev–Trinajstić information content (AvgIpc) is 2.08. The van der Waals surface area contributed by atoms with Crippen molar-refractivity contribution in [3.05, 3.63) is 37.8 Å². The zero-order chi connectivity index (χ0) is 10.0. The molecule has 0 saturated heterocycles. The first-order valence-electron chi connectivity index (χ1n) is 3.55. The fraction of sp³-hybridized carbons (Fsp3) is 0.250. The Balaban J connectivity index is 3.35. The fourth-order valence-electron chi connectivity index (χ4n) is 1.05. The number of hydrogen-bond acceptors (Lipinski definition) is 2. The lowest BCUT2D eigenvalue weighted by molar-refractivity contribution is -0.385. The molecule has 0 bridgehead atoms. The van der Waals surface area contributed by atoms with Crippen molar-refractivity contribution in [3.8, 4) is 0 Å². The predicted octanol–water partition coefficient (Wildman–Crippen LogP) is 3.40. The van der Waals surface area contributed by atoms with Gasteiger partial charge >= 0.3 is 0 Å². The highest BCUT2D eigenvalue weighted by molar-refractivity contribution is 9.10. The average molecular weight is 265 g/mol. The molecule has 0 heterocycles. The first-order chi connectivity index (χ1) is 6.06. The Bertz CT molecular complexity index is 354. The van der Waals surface area contributed by atoms with E-state index in [2.05, 4.69) is 15.9 Å². The van der Waals surface area contributed by atoms with Crippen LogP contribution in [-0.2, 0) is 5.88 Å². The van der Waals surface area contributed by atoms with E-state index in [4.69, 9.17) is 11.6 Å². The number of aryl methyl sites for hydroxylation is 1. The molecule has 70 valence electrons. The standard InChI is InChI=1S/C8H7BrClNO2/c1-5-2-6(4-10)8(9)7(3-5)11(12)13/h2-3H,4H2,1H3. The van der Waals surface area contributed by atoms with Gasteiger partial charge in [-0.3, -0.25) is 10.1 Å². The number of alkyl halides is 1. The van der Waals surface area contributed by atoms with Crippen LogP contribution in [0.4, 0.5) is 5.69 Å². The summed E-state index contributed by atoms with van der Waals surface area (Å²) < 4.78 is 0.470. The number of nitro groups is 1. The summed E-state index contributed by atoms with van der Waals surface area (Å²) in [4.78, 5) is 10.2. The van der Waals surface area contributed by atoms with Crippen molar-refractivity contribution in [3.63, 3.8) is 0 Å². The van der Waals surface area contributed by atoms with Crippen molar-refractivity contribution < 1.29 is 4.92 Å². The van der Waals surface area contributed by atoms with Crippen LogP contribution in [0.15, 0.2) is 16.6 Å². The molecule has 1 aromatic rings. The molecule has 1 aromatic carbocycles. The van der Waals surface area contributed by atoms with Gasteiger partial charge in [0.2, 0.25) is 0 Å². The fourth-order valence-corrected chi connectivity index (χ4v) is 1.94. The Morgan fingerprint density at radius 1 is 1.62 bits per heavy atom. The van der Waals surface area contributed by atoms with Gasteiger partial charge in [0.1, 0.15) is 0 Å². The third-order valence-electron chi connectivity index (χ3n) is 1.61. The number of rotatable bonds is 2. The van der Waals surface area contributed by atoms with Gasteiger partial charge in [0.25, 0.3) is 5.69 Å². The van der Waals surface area contributed by atoms with E-state index < -0.39 is 4.92 Å². The second kappa shape index (κ2) is 4.07. The highest BCUT2D eigenvalue weighted by Crippen LogP contribution is 2.30. The number of nitrogens with zero attached hydrogens (tertiary/aromatic N) is 1. The predicted molar refractivity (Wildman–Crippen MR) is 55.1 cm³/mol. The van der Waals surface area contributed by atoms with Gasteiger partial charge < -0.3 is 0 Å². The van der Waals surface area contributed by atoms with Crippen molar-refractivity contribution in [2.75, 3.05) is 0 Å². The van der Waals surface area contributed by atoms with Crippen molar-refractivity contribution in [1.29, 1.82) is 0 Å². The SMILES string of the molecule is Cc1cc(CCl)c(Br)c([N+](=O)[O-])c1. The number of hydrogen-bond donors (Lipinski definition) is 0. The van der Waals surface area contributed by atoms with Crippen molar-refractivity contribution in [1.82, 2.24) is 0 Å². The molecule has 1 rings (SSSR count). The first kappa shape index (κ1) is 10.5. The summed E-state index contributed by atoms with van der Waals surface area (Å²) in [6.07, 6.45) is 0. The Morgan fingerprint density at radius 2 is 2.23 bits per heavy atom. The van der Waals surface area contributed by atoms with Crippen LogP contribution < -0.4 is 0 Å². The molecule has 0 atom stereocenters. The summed E-state index contributed by atoms with van der Waals surface area (Å²) >= 11 is 8.78. The van der Waals surface area contributed by atoms with Crippen LogP contribution in [-0.4, -0.2) is 4.92 Å². The highest BCUT2D eigenvalue weighted by atomic mass is 79.9. The molecule has 0 unspecified atom stereocenters. The van der Waals surface area contributed by atoms with E-state index in [1.165, 1.54) is 6.07 Å². The summed E-state index contributed by atoms with van der Waals surface area (Å²) in [6.45, 7) is 1.80. The minimum absolute atomic E-state index is 0.0654. The third kappa shape index (κ3) is 2.19. The Morgan fingerprint density at radius 3 is 2.69 bits per heavy atom. The van der Waals surface area contributed by atoms with E-state index >= 15 is 0 Å². The van der Waals surface area contributed by atoms with Gasteiger partial charge in [0, 0.05) is 11.9 Å². The summed E-state index contributed by atoms with van der Waals surface area (Å²) in [5.74, 6) is 0.267. The second-order valence-electron chi connectivity index (χ2n) is 2.65. The first-order valence-corrected chi connectivity index (χ1v) is 4.88. The van der Waals surface area contributed by atoms with Crippen LogP contribution in [0.1, 0.15) is 11.1 Å². The van der Waals surface area contributed by atoms with Gasteiger partial charge in [0.05, 0.1) is 9.40 Å². The maximum Gasteiger partial charge on any atom is 0.284 e. The molecule has 0 aliphatic carbocycles. The van der Waals surface area contributed by atoms with E-state index in [0.717, 1.165) is 11.1 Å². The van der Waals surface area contributed by atoms with E-state index in [0.29, 0.717) is 4.47 Å². The quantitative estimate of drug-likeness (QED) is 0.467. The Labute approximate surface area is 89.0 Å². The second-order valence-corrected chi connectivity index (χ2v) is 3.71. The van der Waals surface area contributed by atoms with Gasteiger partial charge in [0.15, 0.2) is 0 Å². The smallest absolute Gasteiger partial charge is 0.258 e. The molecule has 5 heteroatoms. The molecule has 3 nitrogen and oxygen atoms in total. The number of nitro benzene ring substituents is 1. The molecular formula is C8H7BrClNO2. The molecule has 0 aliphatic heterocycles. The van der Waals surface area contributed by atoms with E-state index in [1.807, 2.05) is 6.07 Å². The lowest BCUT2D eigenvalue weighted by Crippen LogP contribution is -1.93. The lowest BCUT2D eigenvalue weighted by atomic mass is 10.1. The normalized spacial score (nSPS) is 10.1. The summed E-state index contributed by atoms with van der Waals surface area (Å²) in [7, 11) is 0. The molecule has 0 fully saturated rings. The summed E-state index contributed by atoms with van der Waals surface area (Å²) in [6, 6.07) is 3.34. The molecule has 0 saturated carbocycles. The maximum atomic E-state index is 10.6. The summed E-state index contributed by atoms with van der Waals surface area (Å²) in [5, 5.41) is 10.6. The minimum atomic E-state index is -0.423. The van der Waals surface area contributed by atoms with Crippen LogP contribution in [0.2, 0.25) is 0 Å². The van der Waals surface area contributed by atoms with Crippen molar-refractivity contribution >= 4 is 33.2 Å². The van der Waals surface area contributed by atoms with E-state index in [1.54, 1.807) is 6.92 Å². The topological polar surface area (TPSA) is 43.1 Å². The third-order valence-corrected chi connectivity index (χ3v) is 2.82. The van der Waals surface area contributed by atoms with Gasteiger partial charge in [-0.15, -0.1) is 11.6 Å². The molecule has 0 aromatic heterocycles. The highest BCUT2D eigenvalue weighted by Gasteiger charge is 2.15. The summed E-state index contributed by atoms with van der Waals surface area (Å²) in [5.41, 5.74) is 1.65. The largest absolute Gasteiger partial charge is 0.284 e. The Hall–Kier alpha value is -0.610. The molecule has 13 heavy (non-hydrogen) atoms. The monoisotopic (exact) mass is 263 g/mol.